The fourth-order valence-electron chi connectivity index (χ4n) is 2.04. The predicted octanol–water partition coefficient (Wildman–Crippen LogP) is 2.65. The maximum absolute atomic E-state index is 13.7. The number of nitrogens with one attached hydrogen (secondary N) is 1. The number of anilines is 1. The van der Waals surface area contributed by atoms with Crippen LogP contribution in [-0.2, 0) is 0 Å². The van der Waals surface area contributed by atoms with Gasteiger partial charge in [0.25, 0.3) is 0 Å². The molecule has 6 heteroatoms. The van der Waals surface area contributed by atoms with E-state index < -0.39 is 17.4 Å². The van der Waals surface area contributed by atoms with Crippen molar-refractivity contribution in [2.24, 2.45) is 0 Å². The van der Waals surface area contributed by atoms with E-state index >= 15 is 0 Å². The standard InChI is InChI=1S/C14H9F2N3O/c15-10-4-11(16)12(17)3-7(10)14(20)9-6-19-13-1-2-18-5-8(9)13/h1-6,19H,17H2. The SMILES string of the molecule is Nc1cc(C(=O)c2c[nH]c3ccncc23)c(F)cc1F. The number of nitrogens with zero attached hydrogens (tertiary/aromatic N) is 1. The number of H-pyrrole nitrogens is 1. The van der Waals surface area contributed by atoms with Gasteiger partial charge < -0.3 is 10.7 Å². The largest absolute Gasteiger partial charge is 0.396 e. The zero-order valence-electron chi connectivity index (χ0n) is 10.2. The van der Waals surface area contributed by atoms with E-state index in [1.807, 2.05) is 0 Å². The summed E-state index contributed by atoms with van der Waals surface area (Å²) in [6.07, 6.45) is 4.54. The van der Waals surface area contributed by atoms with Crippen molar-refractivity contribution in [3.63, 3.8) is 0 Å². The molecule has 3 rings (SSSR count). The highest BCUT2D eigenvalue weighted by molar-refractivity contribution is 6.16. The van der Waals surface area contributed by atoms with Gasteiger partial charge in [-0.15, -0.1) is 0 Å². The third-order valence-corrected chi connectivity index (χ3v) is 3.06. The highest BCUT2D eigenvalue weighted by Gasteiger charge is 2.19. The molecule has 3 aromatic rings. The highest BCUT2D eigenvalue weighted by atomic mass is 19.1. The van der Waals surface area contributed by atoms with Crippen molar-refractivity contribution in [2.75, 3.05) is 5.73 Å². The average molecular weight is 273 g/mol. The van der Waals surface area contributed by atoms with Crippen molar-refractivity contribution in [2.45, 2.75) is 0 Å². The van der Waals surface area contributed by atoms with Crippen molar-refractivity contribution in [3.05, 3.63) is 59.6 Å². The summed E-state index contributed by atoms with van der Waals surface area (Å²) in [6.45, 7) is 0. The summed E-state index contributed by atoms with van der Waals surface area (Å²) in [5.74, 6) is -2.41. The Kier molecular flexibility index (Phi) is 2.71. The number of benzene rings is 1. The summed E-state index contributed by atoms with van der Waals surface area (Å²) in [6, 6.07) is 3.30. The summed E-state index contributed by atoms with van der Waals surface area (Å²) in [7, 11) is 0. The van der Waals surface area contributed by atoms with Crippen LogP contribution in [0.2, 0.25) is 0 Å². The van der Waals surface area contributed by atoms with Crippen LogP contribution in [0.3, 0.4) is 0 Å². The number of aromatic nitrogens is 2. The number of aromatic amines is 1. The van der Waals surface area contributed by atoms with Crippen molar-refractivity contribution in [3.8, 4) is 0 Å². The maximum atomic E-state index is 13.7. The number of carbonyl (C=O) groups excluding carboxylic acids is 1. The van der Waals surface area contributed by atoms with Gasteiger partial charge in [0.15, 0.2) is 5.78 Å². The first-order valence-electron chi connectivity index (χ1n) is 5.78. The van der Waals surface area contributed by atoms with E-state index in [0.29, 0.717) is 17.0 Å². The summed E-state index contributed by atoms with van der Waals surface area (Å²) in [5.41, 5.74) is 5.81. The van der Waals surface area contributed by atoms with E-state index in [2.05, 4.69) is 9.97 Å². The van der Waals surface area contributed by atoms with Gasteiger partial charge in [-0.3, -0.25) is 9.78 Å². The lowest BCUT2D eigenvalue weighted by molar-refractivity contribution is 0.103. The molecule has 0 bridgehead atoms. The van der Waals surface area contributed by atoms with Gasteiger partial charge in [-0.25, -0.2) is 8.78 Å². The summed E-state index contributed by atoms with van der Waals surface area (Å²) >= 11 is 0. The molecule has 2 aromatic heterocycles. The van der Waals surface area contributed by atoms with E-state index in [9.17, 15) is 13.6 Å². The number of ketones is 1. The molecule has 3 N–H and O–H groups in total. The molecule has 20 heavy (non-hydrogen) atoms. The van der Waals surface area contributed by atoms with Crippen LogP contribution in [0, 0.1) is 11.6 Å². The van der Waals surface area contributed by atoms with E-state index in [-0.39, 0.29) is 16.8 Å². The molecule has 0 aliphatic carbocycles. The second-order valence-corrected chi connectivity index (χ2v) is 4.31. The van der Waals surface area contributed by atoms with Crippen LogP contribution in [0.4, 0.5) is 14.5 Å². The smallest absolute Gasteiger partial charge is 0.198 e. The predicted molar refractivity (Wildman–Crippen MR) is 70.3 cm³/mol. The van der Waals surface area contributed by atoms with E-state index in [1.54, 1.807) is 12.3 Å². The molecule has 4 nitrogen and oxygen atoms in total. The molecule has 0 radical (unpaired) electrons. The number of carbonyl (C=O) groups is 1. The maximum Gasteiger partial charge on any atom is 0.198 e. The summed E-state index contributed by atoms with van der Waals surface area (Å²) in [5, 5.41) is 0.569. The van der Waals surface area contributed by atoms with Crippen molar-refractivity contribution >= 4 is 22.4 Å². The van der Waals surface area contributed by atoms with Gasteiger partial charge in [-0.1, -0.05) is 0 Å². The van der Waals surface area contributed by atoms with Crippen molar-refractivity contribution in [1.82, 2.24) is 9.97 Å². The van der Waals surface area contributed by atoms with Gasteiger partial charge in [0, 0.05) is 41.1 Å². The lowest BCUT2D eigenvalue weighted by Crippen LogP contribution is -2.06. The van der Waals surface area contributed by atoms with E-state index in [4.69, 9.17) is 5.73 Å². The van der Waals surface area contributed by atoms with Gasteiger partial charge >= 0.3 is 0 Å². The normalized spacial score (nSPS) is 10.9. The molecule has 2 heterocycles. The van der Waals surface area contributed by atoms with Gasteiger partial charge in [-0.2, -0.15) is 0 Å². The molecule has 0 saturated carbocycles. The topological polar surface area (TPSA) is 71.8 Å². The zero-order valence-corrected chi connectivity index (χ0v) is 10.2. The number of nitrogen functional groups attached to an aromatic ring is 1. The molecule has 100 valence electrons. The Balaban J connectivity index is 2.16. The van der Waals surface area contributed by atoms with Crippen LogP contribution in [0.1, 0.15) is 15.9 Å². The van der Waals surface area contributed by atoms with Crippen molar-refractivity contribution in [1.29, 1.82) is 0 Å². The Hall–Kier alpha value is -2.76. The number of nitrogens with two attached hydrogens (primary N) is 1. The Labute approximate surface area is 112 Å². The number of hydrogen-bond donors (Lipinski definition) is 2. The quantitative estimate of drug-likeness (QED) is 0.557. The minimum atomic E-state index is -0.944. The number of fused-ring (bicyclic) bond motifs is 1. The van der Waals surface area contributed by atoms with Gasteiger partial charge in [0.05, 0.1) is 11.3 Å². The molecule has 0 unspecified atom stereocenters. The molecular weight excluding hydrogens is 264 g/mol. The number of pyridine rings is 1. The second kappa shape index (κ2) is 4.41. The van der Waals surface area contributed by atoms with Crippen LogP contribution < -0.4 is 5.73 Å². The molecule has 0 aliphatic rings. The number of halogens is 2. The van der Waals surface area contributed by atoms with Crippen molar-refractivity contribution < 1.29 is 13.6 Å². The number of hydrogen-bond acceptors (Lipinski definition) is 3. The Morgan fingerprint density at radius 1 is 1.20 bits per heavy atom. The first-order chi connectivity index (χ1) is 9.58. The lowest BCUT2D eigenvalue weighted by atomic mass is 10.0. The Morgan fingerprint density at radius 2 is 2.00 bits per heavy atom. The molecule has 0 amide bonds. The van der Waals surface area contributed by atoms with Gasteiger partial charge in [0.2, 0.25) is 0 Å². The lowest BCUT2D eigenvalue weighted by Gasteiger charge is -2.04. The Bertz CT molecular complexity index is 826. The minimum absolute atomic E-state index is 0.262. The monoisotopic (exact) mass is 273 g/mol. The molecule has 0 fully saturated rings. The molecular formula is C14H9F2N3O. The molecule has 0 saturated heterocycles. The van der Waals surface area contributed by atoms with Gasteiger partial charge in [-0.05, 0) is 12.1 Å². The second-order valence-electron chi connectivity index (χ2n) is 4.31. The zero-order chi connectivity index (χ0) is 14.3. The van der Waals surface area contributed by atoms with Gasteiger partial charge in [0.1, 0.15) is 11.6 Å². The van der Waals surface area contributed by atoms with Crippen LogP contribution in [-0.4, -0.2) is 15.8 Å². The average Bonchev–Trinajstić information content (AvgIpc) is 2.86. The minimum Gasteiger partial charge on any atom is -0.396 e. The molecule has 1 aromatic carbocycles. The number of rotatable bonds is 2. The van der Waals surface area contributed by atoms with Crippen LogP contribution in [0.15, 0.2) is 36.8 Å². The molecule has 0 atom stereocenters. The first-order valence-corrected chi connectivity index (χ1v) is 5.78. The first kappa shape index (κ1) is 12.3. The molecule has 0 spiro atoms. The van der Waals surface area contributed by atoms with Crippen LogP contribution in [0.25, 0.3) is 10.9 Å². The van der Waals surface area contributed by atoms with Crippen LogP contribution in [0.5, 0.6) is 0 Å². The summed E-state index contributed by atoms with van der Waals surface area (Å²) in [4.78, 5) is 19.2. The Morgan fingerprint density at radius 3 is 2.80 bits per heavy atom. The van der Waals surface area contributed by atoms with E-state index in [1.165, 1.54) is 12.4 Å². The third-order valence-electron chi connectivity index (χ3n) is 3.06. The fraction of sp³-hybridized carbons (Fsp3) is 0. The highest BCUT2D eigenvalue weighted by Crippen LogP contribution is 2.23. The van der Waals surface area contributed by atoms with E-state index in [0.717, 1.165) is 6.07 Å². The van der Waals surface area contributed by atoms with Crippen LogP contribution >= 0.6 is 0 Å². The molecule has 0 aliphatic heterocycles. The third kappa shape index (κ3) is 1.82. The summed E-state index contributed by atoms with van der Waals surface area (Å²) < 4.78 is 26.9. The fourth-order valence-corrected chi connectivity index (χ4v) is 2.04.